The first kappa shape index (κ1) is 13.0. The predicted octanol–water partition coefficient (Wildman–Crippen LogP) is 3.31. The molecule has 0 heterocycles. The number of rotatable bonds is 4. The van der Waals surface area contributed by atoms with Gasteiger partial charge >= 0.3 is 0 Å². The molecule has 0 aliphatic heterocycles. The summed E-state index contributed by atoms with van der Waals surface area (Å²) in [6.07, 6.45) is 3.73. The summed E-state index contributed by atoms with van der Waals surface area (Å²) < 4.78 is 0. The molecule has 19 heavy (non-hydrogen) atoms. The summed E-state index contributed by atoms with van der Waals surface area (Å²) in [6.45, 7) is 0. The molecule has 0 aromatic heterocycles. The Labute approximate surface area is 111 Å². The van der Waals surface area contributed by atoms with E-state index in [0.29, 0.717) is 0 Å². The maximum absolute atomic E-state index is 10.5. The van der Waals surface area contributed by atoms with Crippen molar-refractivity contribution >= 4 is 11.8 Å². The van der Waals surface area contributed by atoms with E-state index >= 15 is 0 Å². The average Bonchev–Trinajstić information content (AvgIpc) is 2.46. The van der Waals surface area contributed by atoms with Crippen LogP contribution in [0.15, 0.2) is 60.7 Å². The van der Waals surface area contributed by atoms with Crippen LogP contribution >= 0.6 is 0 Å². The van der Waals surface area contributed by atoms with Crippen molar-refractivity contribution in [3.8, 4) is 0 Å². The molecule has 0 fully saturated rings. The second kappa shape index (κ2) is 5.93. The van der Waals surface area contributed by atoms with Gasteiger partial charge in [0, 0.05) is 18.2 Å². The fraction of sp³-hybridized carbons (Fsp3) is 0.0667. The number of nitro groups is 1. The van der Waals surface area contributed by atoms with Crippen LogP contribution in [0.25, 0.3) is 6.08 Å². The summed E-state index contributed by atoms with van der Waals surface area (Å²) in [4.78, 5) is 10.1. The van der Waals surface area contributed by atoms with Gasteiger partial charge < -0.3 is 5.73 Å². The van der Waals surface area contributed by atoms with Gasteiger partial charge in [-0.15, -0.1) is 0 Å². The molecule has 4 nitrogen and oxygen atoms in total. The van der Waals surface area contributed by atoms with Crippen LogP contribution in [-0.2, 0) is 0 Å². The average molecular weight is 254 g/mol. The highest BCUT2D eigenvalue weighted by atomic mass is 16.6. The standard InChI is InChI=1S/C15H14N2O2/c16-15(13-4-2-1-3-5-13)11-8-12-6-9-14(10-7-12)17(18)19/h1-11,15H,16H2. The quantitative estimate of drug-likeness (QED) is 0.672. The molecule has 1 atom stereocenters. The molecule has 2 rings (SSSR count). The molecule has 1 unspecified atom stereocenters. The van der Waals surface area contributed by atoms with Crippen LogP contribution in [0, 0.1) is 10.1 Å². The molecule has 96 valence electrons. The zero-order valence-corrected chi connectivity index (χ0v) is 10.3. The number of nitrogens with zero attached hydrogens (tertiary/aromatic N) is 1. The smallest absolute Gasteiger partial charge is 0.269 e. The number of nitro benzene ring substituents is 1. The molecule has 0 aliphatic rings. The van der Waals surface area contributed by atoms with Crippen LogP contribution < -0.4 is 5.73 Å². The number of hydrogen-bond acceptors (Lipinski definition) is 3. The third-order valence-electron chi connectivity index (χ3n) is 2.78. The Balaban J connectivity index is 2.08. The monoisotopic (exact) mass is 254 g/mol. The number of nitrogens with two attached hydrogens (primary N) is 1. The largest absolute Gasteiger partial charge is 0.321 e. The molecule has 0 bridgehead atoms. The highest BCUT2D eigenvalue weighted by molar-refractivity contribution is 5.52. The van der Waals surface area contributed by atoms with Crippen LogP contribution in [0.5, 0.6) is 0 Å². The van der Waals surface area contributed by atoms with Gasteiger partial charge in [-0.05, 0) is 23.3 Å². The minimum Gasteiger partial charge on any atom is -0.321 e. The van der Waals surface area contributed by atoms with Gasteiger partial charge in [0.15, 0.2) is 0 Å². The van der Waals surface area contributed by atoms with E-state index in [1.807, 2.05) is 42.5 Å². The second-order valence-electron chi connectivity index (χ2n) is 4.14. The third-order valence-corrected chi connectivity index (χ3v) is 2.78. The van der Waals surface area contributed by atoms with Crippen molar-refractivity contribution in [3.05, 3.63) is 81.9 Å². The summed E-state index contributed by atoms with van der Waals surface area (Å²) in [6, 6.07) is 15.9. The summed E-state index contributed by atoms with van der Waals surface area (Å²) in [5.41, 5.74) is 8.03. The Morgan fingerprint density at radius 3 is 2.26 bits per heavy atom. The Morgan fingerprint density at radius 1 is 1.05 bits per heavy atom. The molecule has 0 saturated carbocycles. The van der Waals surface area contributed by atoms with E-state index in [1.165, 1.54) is 12.1 Å². The highest BCUT2D eigenvalue weighted by Crippen LogP contribution is 2.15. The summed E-state index contributed by atoms with van der Waals surface area (Å²) in [7, 11) is 0. The van der Waals surface area contributed by atoms with Gasteiger partial charge in [-0.25, -0.2) is 0 Å². The second-order valence-corrected chi connectivity index (χ2v) is 4.14. The lowest BCUT2D eigenvalue weighted by Gasteiger charge is -2.05. The molecular formula is C15H14N2O2. The van der Waals surface area contributed by atoms with E-state index in [-0.39, 0.29) is 11.7 Å². The molecule has 0 saturated heterocycles. The summed E-state index contributed by atoms with van der Waals surface area (Å²) in [5, 5.41) is 10.5. The third kappa shape index (κ3) is 3.50. The van der Waals surface area contributed by atoms with Gasteiger partial charge in [-0.1, -0.05) is 42.5 Å². The van der Waals surface area contributed by atoms with Crippen molar-refractivity contribution in [3.63, 3.8) is 0 Å². The van der Waals surface area contributed by atoms with Crippen molar-refractivity contribution < 1.29 is 4.92 Å². The maximum Gasteiger partial charge on any atom is 0.269 e. The lowest BCUT2D eigenvalue weighted by atomic mass is 10.1. The van der Waals surface area contributed by atoms with Crippen molar-refractivity contribution in [2.45, 2.75) is 6.04 Å². The minimum absolute atomic E-state index is 0.0875. The Morgan fingerprint density at radius 2 is 1.68 bits per heavy atom. The van der Waals surface area contributed by atoms with Crippen LogP contribution in [0.2, 0.25) is 0 Å². The zero-order valence-electron chi connectivity index (χ0n) is 10.3. The van der Waals surface area contributed by atoms with Crippen molar-refractivity contribution in [2.75, 3.05) is 0 Å². The Bertz CT molecular complexity index is 577. The lowest BCUT2D eigenvalue weighted by molar-refractivity contribution is -0.384. The fourth-order valence-corrected chi connectivity index (χ4v) is 1.71. The molecule has 4 heteroatoms. The minimum atomic E-state index is -0.413. The van der Waals surface area contributed by atoms with Crippen LogP contribution in [-0.4, -0.2) is 4.92 Å². The van der Waals surface area contributed by atoms with Gasteiger partial charge in [-0.2, -0.15) is 0 Å². The number of benzene rings is 2. The Hall–Kier alpha value is -2.46. The SMILES string of the molecule is NC(C=Cc1ccc([N+](=O)[O-])cc1)c1ccccc1. The van der Waals surface area contributed by atoms with E-state index in [2.05, 4.69) is 0 Å². The zero-order chi connectivity index (χ0) is 13.7. The van der Waals surface area contributed by atoms with E-state index in [0.717, 1.165) is 11.1 Å². The van der Waals surface area contributed by atoms with Gasteiger partial charge in [0.05, 0.1) is 4.92 Å². The molecule has 0 radical (unpaired) electrons. The summed E-state index contributed by atoms with van der Waals surface area (Å²) >= 11 is 0. The van der Waals surface area contributed by atoms with E-state index in [9.17, 15) is 10.1 Å². The van der Waals surface area contributed by atoms with Crippen molar-refractivity contribution in [1.82, 2.24) is 0 Å². The van der Waals surface area contributed by atoms with Gasteiger partial charge in [0.1, 0.15) is 0 Å². The van der Waals surface area contributed by atoms with Crippen LogP contribution in [0.4, 0.5) is 5.69 Å². The first-order valence-corrected chi connectivity index (χ1v) is 5.90. The molecular weight excluding hydrogens is 240 g/mol. The van der Waals surface area contributed by atoms with Crippen molar-refractivity contribution in [1.29, 1.82) is 0 Å². The Kier molecular flexibility index (Phi) is 4.05. The molecule has 0 aliphatic carbocycles. The van der Waals surface area contributed by atoms with E-state index in [4.69, 9.17) is 5.73 Å². The first-order chi connectivity index (χ1) is 9.16. The van der Waals surface area contributed by atoms with Gasteiger partial charge in [-0.3, -0.25) is 10.1 Å². The molecule has 0 amide bonds. The van der Waals surface area contributed by atoms with E-state index in [1.54, 1.807) is 12.1 Å². The fourth-order valence-electron chi connectivity index (χ4n) is 1.71. The highest BCUT2D eigenvalue weighted by Gasteiger charge is 2.03. The lowest BCUT2D eigenvalue weighted by Crippen LogP contribution is -2.06. The van der Waals surface area contributed by atoms with Crippen molar-refractivity contribution in [2.24, 2.45) is 5.73 Å². The summed E-state index contributed by atoms with van der Waals surface area (Å²) in [5.74, 6) is 0. The van der Waals surface area contributed by atoms with Gasteiger partial charge in [0.2, 0.25) is 0 Å². The van der Waals surface area contributed by atoms with Crippen LogP contribution in [0.1, 0.15) is 17.2 Å². The van der Waals surface area contributed by atoms with E-state index < -0.39 is 4.92 Å². The number of non-ortho nitro benzene ring substituents is 1. The molecule has 0 spiro atoms. The first-order valence-electron chi connectivity index (χ1n) is 5.90. The van der Waals surface area contributed by atoms with Gasteiger partial charge in [0.25, 0.3) is 5.69 Å². The molecule has 2 N–H and O–H groups in total. The molecule has 2 aromatic rings. The van der Waals surface area contributed by atoms with Crippen LogP contribution in [0.3, 0.4) is 0 Å². The number of hydrogen-bond donors (Lipinski definition) is 1. The normalized spacial score (nSPS) is 12.5. The predicted molar refractivity (Wildman–Crippen MR) is 75.5 cm³/mol. The molecule has 2 aromatic carbocycles. The maximum atomic E-state index is 10.5. The topological polar surface area (TPSA) is 69.2 Å².